The molecule has 1 aliphatic rings. The largest absolute Gasteiger partial charge is 0.497 e. The number of hydrogen-bond acceptors (Lipinski definition) is 4. The molecule has 0 bridgehead atoms. The fourth-order valence-electron chi connectivity index (χ4n) is 2.86. The third kappa shape index (κ3) is 5.26. The van der Waals surface area contributed by atoms with Crippen molar-refractivity contribution >= 4 is 35.6 Å². The zero-order valence-corrected chi connectivity index (χ0v) is 16.1. The number of nitrogen functional groups attached to an aromatic ring is 1. The Hall–Kier alpha value is -1.95. The second-order valence-corrected chi connectivity index (χ2v) is 7.28. The van der Waals surface area contributed by atoms with Crippen molar-refractivity contribution in [3.63, 3.8) is 0 Å². The molecule has 25 heavy (non-hydrogen) atoms. The van der Waals surface area contributed by atoms with E-state index in [0.29, 0.717) is 30.2 Å². The van der Waals surface area contributed by atoms with Gasteiger partial charge in [-0.15, -0.1) is 12.4 Å². The van der Waals surface area contributed by atoms with E-state index in [1.54, 1.807) is 30.2 Å². The molecule has 0 aliphatic carbocycles. The van der Waals surface area contributed by atoms with Gasteiger partial charge in [-0.05, 0) is 25.0 Å². The molecule has 1 aromatic carbocycles. The van der Waals surface area contributed by atoms with Crippen LogP contribution in [0.15, 0.2) is 18.2 Å². The summed E-state index contributed by atoms with van der Waals surface area (Å²) in [7, 11) is 1.56. The molecule has 6 nitrogen and oxygen atoms in total. The first-order chi connectivity index (χ1) is 11.2. The molecule has 0 spiro atoms. The summed E-state index contributed by atoms with van der Waals surface area (Å²) >= 11 is 0. The van der Waals surface area contributed by atoms with Crippen molar-refractivity contribution in [1.29, 1.82) is 0 Å². The Morgan fingerprint density at radius 1 is 1.32 bits per heavy atom. The summed E-state index contributed by atoms with van der Waals surface area (Å²) in [5.74, 6) is 0.380. The van der Waals surface area contributed by atoms with Gasteiger partial charge >= 0.3 is 0 Å². The Labute approximate surface area is 155 Å². The van der Waals surface area contributed by atoms with Gasteiger partial charge < -0.3 is 20.7 Å². The van der Waals surface area contributed by atoms with E-state index < -0.39 is 5.41 Å². The number of nitrogens with one attached hydrogen (secondary N) is 1. The third-order valence-electron chi connectivity index (χ3n) is 4.24. The Morgan fingerprint density at radius 2 is 2.00 bits per heavy atom. The van der Waals surface area contributed by atoms with Gasteiger partial charge in [-0.25, -0.2) is 0 Å². The molecule has 1 saturated heterocycles. The van der Waals surface area contributed by atoms with Gasteiger partial charge in [-0.1, -0.05) is 20.8 Å². The van der Waals surface area contributed by atoms with Gasteiger partial charge in [0.15, 0.2) is 0 Å². The number of nitrogens with two attached hydrogens (primary N) is 1. The third-order valence-corrected chi connectivity index (χ3v) is 4.24. The quantitative estimate of drug-likeness (QED) is 0.802. The van der Waals surface area contributed by atoms with Crippen molar-refractivity contribution < 1.29 is 14.3 Å². The second kappa shape index (κ2) is 8.43. The fraction of sp³-hybridized carbons (Fsp3) is 0.556. The number of carbonyl (C=O) groups excluding carboxylic acids is 2. The van der Waals surface area contributed by atoms with Crippen molar-refractivity contribution in [1.82, 2.24) is 4.90 Å². The molecule has 1 aliphatic heterocycles. The highest BCUT2D eigenvalue weighted by molar-refractivity contribution is 5.96. The molecule has 3 N–H and O–H groups in total. The molecule has 1 aromatic rings. The van der Waals surface area contributed by atoms with Gasteiger partial charge in [-0.2, -0.15) is 0 Å². The van der Waals surface area contributed by atoms with Crippen molar-refractivity contribution in [2.75, 3.05) is 31.2 Å². The van der Waals surface area contributed by atoms with Crippen LogP contribution in [0.4, 0.5) is 11.4 Å². The summed E-state index contributed by atoms with van der Waals surface area (Å²) in [4.78, 5) is 26.8. The minimum Gasteiger partial charge on any atom is -0.497 e. The molecule has 1 atom stereocenters. The summed E-state index contributed by atoms with van der Waals surface area (Å²) < 4.78 is 5.16. The van der Waals surface area contributed by atoms with Crippen LogP contribution in [0.5, 0.6) is 5.75 Å². The number of ether oxygens (including phenoxy) is 1. The van der Waals surface area contributed by atoms with Crippen LogP contribution >= 0.6 is 12.4 Å². The lowest BCUT2D eigenvalue weighted by Crippen LogP contribution is -2.47. The zero-order chi connectivity index (χ0) is 17.9. The number of amides is 2. The topological polar surface area (TPSA) is 84.7 Å². The van der Waals surface area contributed by atoms with Gasteiger partial charge in [-0.3, -0.25) is 9.59 Å². The van der Waals surface area contributed by atoms with Crippen LogP contribution in [0.3, 0.4) is 0 Å². The molecule has 7 heteroatoms. The summed E-state index contributed by atoms with van der Waals surface area (Å²) in [6, 6.07) is 5.15. The SMILES string of the molecule is COc1ccc(N)c(NC(=O)C2CCCN(C(=O)C(C)(C)C)C2)c1.Cl. The standard InChI is InChI=1S/C18H27N3O3.ClH/c1-18(2,3)17(23)21-9-5-6-12(11-21)16(22)20-15-10-13(24-4)7-8-14(15)19;/h7-8,10,12H,5-6,9,11,19H2,1-4H3,(H,20,22);1H. The molecular weight excluding hydrogens is 342 g/mol. The van der Waals surface area contributed by atoms with Gasteiger partial charge in [0.25, 0.3) is 0 Å². The maximum Gasteiger partial charge on any atom is 0.229 e. The molecule has 0 saturated carbocycles. The first kappa shape index (κ1) is 21.1. The van der Waals surface area contributed by atoms with Crippen molar-refractivity contribution in [2.45, 2.75) is 33.6 Å². The molecule has 140 valence electrons. The van der Waals surface area contributed by atoms with E-state index in [9.17, 15) is 9.59 Å². The number of benzene rings is 1. The average molecular weight is 370 g/mol. The Balaban J connectivity index is 0.00000312. The number of halogens is 1. The lowest BCUT2D eigenvalue weighted by atomic mass is 9.91. The lowest BCUT2D eigenvalue weighted by molar-refractivity contribution is -0.142. The van der Waals surface area contributed by atoms with Gasteiger partial charge in [0, 0.05) is 24.6 Å². The number of carbonyl (C=O) groups is 2. The predicted octanol–water partition coefficient (Wildman–Crippen LogP) is 2.92. The van der Waals surface area contributed by atoms with Crippen LogP contribution in [0.1, 0.15) is 33.6 Å². The van der Waals surface area contributed by atoms with Crippen LogP contribution in [-0.2, 0) is 9.59 Å². The van der Waals surface area contributed by atoms with Crippen molar-refractivity contribution in [2.24, 2.45) is 11.3 Å². The van der Waals surface area contributed by atoms with E-state index in [0.717, 1.165) is 12.8 Å². The van der Waals surface area contributed by atoms with Crippen molar-refractivity contribution in [3.05, 3.63) is 18.2 Å². The highest BCUT2D eigenvalue weighted by Crippen LogP contribution is 2.27. The van der Waals surface area contributed by atoms with Crippen LogP contribution in [0, 0.1) is 11.3 Å². The van der Waals surface area contributed by atoms with Crippen LogP contribution in [-0.4, -0.2) is 36.9 Å². The molecule has 1 unspecified atom stereocenters. The van der Waals surface area contributed by atoms with Gasteiger partial charge in [0.1, 0.15) is 5.75 Å². The summed E-state index contributed by atoms with van der Waals surface area (Å²) in [5.41, 5.74) is 6.51. The van der Waals surface area contributed by atoms with Crippen LogP contribution in [0.2, 0.25) is 0 Å². The molecular formula is C18H28ClN3O3. The number of nitrogens with zero attached hydrogens (tertiary/aromatic N) is 1. The molecule has 1 fully saturated rings. The highest BCUT2D eigenvalue weighted by Gasteiger charge is 2.33. The van der Waals surface area contributed by atoms with E-state index >= 15 is 0 Å². The number of hydrogen-bond donors (Lipinski definition) is 2. The first-order valence-electron chi connectivity index (χ1n) is 8.26. The monoisotopic (exact) mass is 369 g/mol. The van der Waals surface area contributed by atoms with Crippen molar-refractivity contribution in [3.8, 4) is 5.75 Å². The molecule has 2 amide bonds. The van der Waals surface area contributed by atoms with E-state index in [1.165, 1.54) is 0 Å². The van der Waals surface area contributed by atoms with E-state index in [4.69, 9.17) is 10.5 Å². The van der Waals surface area contributed by atoms with Crippen LogP contribution in [0.25, 0.3) is 0 Å². The summed E-state index contributed by atoms with van der Waals surface area (Å²) in [6.45, 7) is 6.86. The Morgan fingerprint density at radius 3 is 2.60 bits per heavy atom. The van der Waals surface area contributed by atoms with Gasteiger partial charge in [0.05, 0.1) is 24.4 Å². The van der Waals surface area contributed by atoms with Crippen LogP contribution < -0.4 is 15.8 Å². The maximum atomic E-state index is 12.6. The second-order valence-electron chi connectivity index (χ2n) is 7.28. The minimum absolute atomic E-state index is 0. The number of methoxy groups -OCH3 is 1. The first-order valence-corrected chi connectivity index (χ1v) is 8.26. The highest BCUT2D eigenvalue weighted by atomic mass is 35.5. The summed E-state index contributed by atoms with van der Waals surface area (Å²) in [6.07, 6.45) is 1.59. The van der Waals surface area contributed by atoms with E-state index in [2.05, 4.69) is 5.32 Å². The molecule has 1 heterocycles. The number of piperidine rings is 1. The normalized spacial score (nSPS) is 17.4. The Kier molecular flexibility index (Phi) is 7.11. The molecule has 0 radical (unpaired) electrons. The summed E-state index contributed by atoms with van der Waals surface area (Å²) in [5, 5.41) is 2.87. The molecule has 0 aromatic heterocycles. The molecule has 2 rings (SSSR count). The van der Waals surface area contributed by atoms with Gasteiger partial charge in [0.2, 0.25) is 11.8 Å². The number of rotatable bonds is 3. The van der Waals surface area contributed by atoms with E-state index in [-0.39, 0.29) is 30.1 Å². The smallest absolute Gasteiger partial charge is 0.229 e. The average Bonchev–Trinajstić information content (AvgIpc) is 2.55. The lowest BCUT2D eigenvalue weighted by Gasteiger charge is -2.35. The number of likely N-dealkylation sites (tertiary alicyclic amines) is 1. The predicted molar refractivity (Wildman–Crippen MR) is 102 cm³/mol. The number of anilines is 2. The van der Waals surface area contributed by atoms with E-state index in [1.807, 2.05) is 20.8 Å². The zero-order valence-electron chi connectivity index (χ0n) is 15.3. The fourth-order valence-corrected chi connectivity index (χ4v) is 2.86. The Bertz CT molecular complexity index is 628. The minimum atomic E-state index is -0.435. The maximum absolute atomic E-state index is 12.6.